The monoisotopic (exact) mass is 275 g/mol. The molecule has 0 unspecified atom stereocenters. The fourth-order valence-corrected chi connectivity index (χ4v) is 2.37. The van der Waals surface area contributed by atoms with Crippen LogP contribution in [0.5, 0.6) is 0 Å². The summed E-state index contributed by atoms with van der Waals surface area (Å²) in [4.78, 5) is 11.7. The maximum Gasteiger partial charge on any atom is 0.407 e. The molecule has 0 radical (unpaired) electrons. The number of aliphatic hydroxyl groups excluding tert-OH is 2. The van der Waals surface area contributed by atoms with E-state index in [4.69, 9.17) is 4.74 Å². The van der Waals surface area contributed by atoms with Crippen LogP contribution in [-0.2, 0) is 4.74 Å². The molecule has 0 saturated heterocycles. The largest absolute Gasteiger partial charge is 0.444 e. The van der Waals surface area contributed by atoms with Gasteiger partial charge in [0.05, 0.1) is 18.2 Å². The van der Waals surface area contributed by atoms with Crippen molar-refractivity contribution in [1.29, 1.82) is 0 Å². The second kappa shape index (κ2) is 4.92. The number of hydrogen-bond donors (Lipinski definition) is 4. The van der Waals surface area contributed by atoms with Gasteiger partial charge in [0.15, 0.2) is 0 Å². The molecule has 0 aromatic heterocycles. The zero-order chi connectivity index (χ0) is 15.1. The molecule has 1 aliphatic rings. The second-order valence-corrected chi connectivity index (χ2v) is 6.77. The van der Waals surface area contributed by atoms with E-state index < -0.39 is 34.9 Å². The third kappa shape index (κ3) is 3.19. The average molecular weight is 275 g/mol. The molecular weight excluding hydrogens is 250 g/mol. The summed E-state index contributed by atoms with van der Waals surface area (Å²) in [6.45, 7) is 8.09. The van der Waals surface area contributed by atoms with Gasteiger partial charge in [-0.25, -0.2) is 4.79 Å². The lowest BCUT2D eigenvalue weighted by Gasteiger charge is -2.36. The first kappa shape index (κ1) is 16.2. The number of alkyl carbamates (subject to hydrolysis) is 1. The fraction of sp³-hybridized carbons (Fsp3) is 0.923. The van der Waals surface area contributed by atoms with E-state index in [1.807, 2.05) is 0 Å². The predicted octanol–water partition coefficient (Wildman–Crippen LogP) is 0.394. The Labute approximate surface area is 113 Å². The van der Waals surface area contributed by atoms with Gasteiger partial charge in [0.25, 0.3) is 0 Å². The Morgan fingerprint density at radius 2 is 1.95 bits per heavy atom. The smallest absolute Gasteiger partial charge is 0.407 e. The normalized spacial score (nSPS) is 39.2. The number of carbonyl (C=O) groups is 1. The summed E-state index contributed by atoms with van der Waals surface area (Å²) in [5.74, 6) is 0. The van der Waals surface area contributed by atoms with Crippen LogP contribution in [0.3, 0.4) is 0 Å². The standard InChI is InChI=1S/C13H25NO5/c1-11(2,3)19-10(17)14-8-6-12(4,7-15)13(5,18)9(8)16/h8-9,15-16,18H,6-7H2,1-5H3,(H,14,17)/t8-,9+,12-,13+/m1/s1. The summed E-state index contributed by atoms with van der Waals surface area (Å²) in [5, 5.41) is 32.3. The number of rotatable bonds is 2. The lowest BCUT2D eigenvalue weighted by Crippen LogP contribution is -2.52. The van der Waals surface area contributed by atoms with E-state index in [1.165, 1.54) is 6.92 Å². The Morgan fingerprint density at radius 3 is 2.32 bits per heavy atom. The first-order valence-electron chi connectivity index (χ1n) is 6.44. The number of nitrogens with one attached hydrogen (secondary N) is 1. The van der Waals surface area contributed by atoms with Crippen LogP contribution in [0.2, 0.25) is 0 Å². The number of hydrogen-bond acceptors (Lipinski definition) is 5. The summed E-state index contributed by atoms with van der Waals surface area (Å²) < 4.78 is 5.11. The molecular formula is C13H25NO5. The number of amides is 1. The van der Waals surface area contributed by atoms with Crippen molar-refractivity contribution in [2.45, 2.75) is 64.4 Å². The van der Waals surface area contributed by atoms with Gasteiger partial charge < -0.3 is 25.4 Å². The van der Waals surface area contributed by atoms with Crippen LogP contribution in [0.15, 0.2) is 0 Å². The molecule has 1 saturated carbocycles. The van der Waals surface area contributed by atoms with E-state index in [0.29, 0.717) is 0 Å². The molecule has 112 valence electrons. The first-order chi connectivity index (χ1) is 8.43. The van der Waals surface area contributed by atoms with Crippen molar-refractivity contribution in [1.82, 2.24) is 5.32 Å². The molecule has 6 nitrogen and oxygen atoms in total. The summed E-state index contributed by atoms with van der Waals surface area (Å²) >= 11 is 0. The van der Waals surface area contributed by atoms with Crippen LogP contribution in [0.25, 0.3) is 0 Å². The molecule has 0 bridgehead atoms. The summed E-state index contributed by atoms with van der Waals surface area (Å²) in [7, 11) is 0. The van der Waals surface area contributed by atoms with Gasteiger partial charge in [0.2, 0.25) is 0 Å². The Kier molecular flexibility index (Phi) is 4.20. The molecule has 1 rings (SSSR count). The van der Waals surface area contributed by atoms with Crippen molar-refractivity contribution in [3.63, 3.8) is 0 Å². The quantitative estimate of drug-likeness (QED) is 0.584. The molecule has 4 N–H and O–H groups in total. The first-order valence-corrected chi connectivity index (χ1v) is 6.44. The van der Waals surface area contributed by atoms with Crippen LogP contribution < -0.4 is 5.32 Å². The van der Waals surface area contributed by atoms with E-state index in [2.05, 4.69) is 5.32 Å². The second-order valence-electron chi connectivity index (χ2n) is 6.77. The van der Waals surface area contributed by atoms with Crippen LogP contribution in [0, 0.1) is 5.41 Å². The number of ether oxygens (including phenoxy) is 1. The van der Waals surface area contributed by atoms with Crippen LogP contribution in [-0.4, -0.2) is 51.4 Å². The molecule has 19 heavy (non-hydrogen) atoms. The third-order valence-electron chi connectivity index (χ3n) is 3.90. The molecule has 0 aromatic carbocycles. The Bertz CT molecular complexity index is 347. The number of carbonyl (C=O) groups excluding carboxylic acids is 1. The molecule has 1 amide bonds. The van der Waals surface area contributed by atoms with Crippen molar-refractivity contribution in [2.75, 3.05) is 6.61 Å². The lowest BCUT2D eigenvalue weighted by molar-refractivity contribution is -0.120. The van der Waals surface area contributed by atoms with Crippen LogP contribution in [0.1, 0.15) is 41.0 Å². The lowest BCUT2D eigenvalue weighted by atomic mass is 9.77. The van der Waals surface area contributed by atoms with Crippen LogP contribution in [0.4, 0.5) is 4.79 Å². The van der Waals surface area contributed by atoms with Gasteiger partial charge in [0.1, 0.15) is 11.7 Å². The zero-order valence-corrected chi connectivity index (χ0v) is 12.2. The summed E-state index contributed by atoms with van der Waals surface area (Å²) in [5.41, 5.74) is -2.97. The van der Waals surface area contributed by atoms with Gasteiger partial charge >= 0.3 is 6.09 Å². The topological polar surface area (TPSA) is 99.0 Å². The molecule has 0 aliphatic heterocycles. The van der Waals surface area contributed by atoms with E-state index >= 15 is 0 Å². The zero-order valence-electron chi connectivity index (χ0n) is 12.2. The van der Waals surface area contributed by atoms with E-state index in [9.17, 15) is 20.1 Å². The van der Waals surface area contributed by atoms with Crippen LogP contribution >= 0.6 is 0 Å². The molecule has 4 atom stereocenters. The molecule has 1 fully saturated rings. The van der Waals surface area contributed by atoms with Gasteiger partial charge in [-0.05, 0) is 34.1 Å². The van der Waals surface area contributed by atoms with E-state index in [-0.39, 0.29) is 13.0 Å². The minimum Gasteiger partial charge on any atom is -0.444 e. The molecule has 0 aromatic rings. The number of aliphatic hydroxyl groups is 3. The Morgan fingerprint density at radius 1 is 1.42 bits per heavy atom. The molecule has 0 heterocycles. The van der Waals surface area contributed by atoms with Gasteiger partial charge in [-0.3, -0.25) is 0 Å². The minimum atomic E-state index is -1.47. The van der Waals surface area contributed by atoms with Gasteiger partial charge in [-0.15, -0.1) is 0 Å². The summed E-state index contributed by atoms with van der Waals surface area (Å²) in [6, 6.07) is -0.651. The highest BCUT2D eigenvalue weighted by molar-refractivity contribution is 5.68. The SMILES string of the molecule is CC(C)(C)OC(=O)N[C@@H]1C[C@](C)(CO)[C@@](C)(O)[C@H]1O. The van der Waals surface area contributed by atoms with Crippen molar-refractivity contribution >= 4 is 6.09 Å². The highest BCUT2D eigenvalue weighted by Crippen LogP contribution is 2.45. The van der Waals surface area contributed by atoms with Crippen molar-refractivity contribution in [2.24, 2.45) is 5.41 Å². The van der Waals surface area contributed by atoms with Gasteiger partial charge in [0, 0.05) is 5.41 Å². The minimum absolute atomic E-state index is 0.274. The Hall–Kier alpha value is -0.850. The maximum atomic E-state index is 11.7. The van der Waals surface area contributed by atoms with E-state index in [0.717, 1.165) is 0 Å². The average Bonchev–Trinajstić information content (AvgIpc) is 2.38. The molecule has 0 spiro atoms. The molecule has 6 heteroatoms. The van der Waals surface area contributed by atoms with Crippen molar-refractivity contribution in [3.8, 4) is 0 Å². The fourth-order valence-electron chi connectivity index (χ4n) is 2.37. The highest BCUT2D eigenvalue weighted by Gasteiger charge is 2.58. The highest BCUT2D eigenvalue weighted by atomic mass is 16.6. The molecule has 1 aliphatic carbocycles. The maximum absolute atomic E-state index is 11.7. The van der Waals surface area contributed by atoms with Gasteiger partial charge in [-0.1, -0.05) is 6.92 Å². The predicted molar refractivity (Wildman–Crippen MR) is 69.6 cm³/mol. The van der Waals surface area contributed by atoms with Crippen molar-refractivity contribution < 1.29 is 24.9 Å². The van der Waals surface area contributed by atoms with E-state index in [1.54, 1.807) is 27.7 Å². The van der Waals surface area contributed by atoms with Gasteiger partial charge in [-0.2, -0.15) is 0 Å². The third-order valence-corrected chi connectivity index (χ3v) is 3.90. The Balaban J connectivity index is 2.75. The summed E-state index contributed by atoms with van der Waals surface area (Å²) in [6.07, 6.45) is -1.52. The van der Waals surface area contributed by atoms with Crippen molar-refractivity contribution in [3.05, 3.63) is 0 Å².